The summed E-state index contributed by atoms with van der Waals surface area (Å²) in [5, 5.41) is 3.19. The highest BCUT2D eigenvalue weighted by molar-refractivity contribution is 5.81. The number of benzene rings is 1. The van der Waals surface area contributed by atoms with Crippen molar-refractivity contribution < 1.29 is 9.53 Å². The van der Waals surface area contributed by atoms with Crippen molar-refractivity contribution in [3.63, 3.8) is 0 Å². The second kappa shape index (κ2) is 8.13. The normalized spacial score (nSPS) is 23.5. The number of hydrogen-bond acceptors (Lipinski definition) is 3. The van der Waals surface area contributed by atoms with Gasteiger partial charge in [0.2, 0.25) is 5.91 Å². The van der Waals surface area contributed by atoms with E-state index in [0.717, 1.165) is 39.0 Å². The molecule has 1 aromatic rings. The molecule has 0 bridgehead atoms. The predicted octanol–water partition coefficient (Wildman–Crippen LogP) is 2.90. The molecule has 2 aliphatic rings. The van der Waals surface area contributed by atoms with E-state index in [-0.39, 0.29) is 18.0 Å². The molecule has 0 spiro atoms. The van der Waals surface area contributed by atoms with Crippen LogP contribution in [0.4, 0.5) is 0 Å². The van der Waals surface area contributed by atoms with Gasteiger partial charge in [0.15, 0.2) is 0 Å². The van der Waals surface area contributed by atoms with Gasteiger partial charge in [-0.3, -0.25) is 9.69 Å². The molecule has 4 heteroatoms. The van der Waals surface area contributed by atoms with Crippen LogP contribution in [-0.2, 0) is 22.5 Å². The average molecular weight is 330 g/mol. The van der Waals surface area contributed by atoms with Crippen LogP contribution in [0.15, 0.2) is 24.3 Å². The van der Waals surface area contributed by atoms with E-state index >= 15 is 0 Å². The Labute approximate surface area is 145 Å². The number of fused-ring (bicyclic) bond motifs is 1. The number of carbonyl (C=O) groups excluding carboxylic acids is 1. The maximum absolute atomic E-state index is 12.6. The molecule has 3 rings (SSSR count). The molecule has 24 heavy (non-hydrogen) atoms. The van der Waals surface area contributed by atoms with Gasteiger partial charge in [0.25, 0.3) is 0 Å². The summed E-state index contributed by atoms with van der Waals surface area (Å²) in [6.07, 6.45) is 5.82. The van der Waals surface area contributed by atoms with E-state index < -0.39 is 0 Å². The molecular formula is C20H30N2O2. The number of nitrogens with zero attached hydrogens (tertiary/aromatic N) is 1. The van der Waals surface area contributed by atoms with Crippen molar-refractivity contribution in [2.75, 3.05) is 13.2 Å². The third-order valence-electron chi connectivity index (χ3n) is 5.42. The van der Waals surface area contributed by atoms with Crippen LogP contribution >= 0.6 is 0 Å². The molecule has 0 aliphatic carbocycles. The van der Waals surface area contributed by atoms with Crippen molar-refractivity contribution >= 4 is 5.91 Å². The van der Waals surface area contributed by atoms with Gasteiger partial charge in [-0.25, -0.2) is 0 Å². The summed E-state index contributed by atoms with van der Waals surface area (Å²) >= 11 is 0. The zero-order valence-corrected chi connectivity index (χ0v) is 15.0. The van der Waals surface area contributed by atoms with Gasteiger partial charge in [-0.15, -0.1) is 0 Å². The molecule has 2 heterocycles. The van der Waals surface area contributed by atoms with Crippen LogP contribution in [0.5, 0.6) is 0 Å². The number of nitrogens with one attached hydrogen (secondary N) is 1. The molecule has 0 aromatic heterocycles. The number of carbonyl (C=O) groups is 1. The Morgan fingerprint density at radius 1 is 1.33 bits per heavy atom. The van der Waals surface area contributed by atoms with Gasteiger partial charge in [-0.1, -0.05) is 24.3 Å². The first-order valence-corrected chi connectivity index (χ1v) is 9.36. The average Bonchev–Trinajstić information content (AvgIpc) is 3.12. The van der Waals surface area contributed by atoms with Gasteiger partial charge in [-0.2, -0.15) is 0 Å². The van der Waals surface area contributed by atoms with Crippen molar-refractivity contribution in [1.29, 1.82) is 0 Å². The predicted molar refractivity (Wildman–Crippen MR) is 95.8 cm³/mol. The Hall–Kier alpha value is -1.39. The largest absolute Gasteiger partial charge is 0.378 e. The van der Waals surface area contributed by atoms with Crippen LogP contribution in [0.2, 0.25) is 0 Å². The van der Waals surface area contributed by atoms with Crippen LogP contribution in [-0.4, -0.2) is 42.1 Å². The maximum Gasteiger partial charge on any atom is 0.237 e. The molecule has 1 saturated heterocycles. The smallest absolute Gasteiger partial charge is 0.237 e. The molecule has 2 aliphatic heterocycles. The topological polar surface area (TPSA) is 41.6 Å². The summed E-state index contributed by atoms with van der Waals surface area (Å²) < 4.78 is 5.66. The monoisotopic (exact) mass is 330 g/mol. The Kier molecular flexibility index (Phi) is 5.90. The van der Waals surface area contributed by atoms with E-state index in [2.05, 4.69) is 41.4 Å². The standard InChI is InChI=1S/C20H30N2O2/c1-15(9-10-19-8-5-13-24-19)21-20(23)16(2)22-12-11-17-6-3-4-7-18(17)14-22/h3-4,6-7,15-16,19H,5,8-14H2,1-2H3,(H,21,23)/t15-,16+,19+/m1/s1. The molecule has 0 unspecified atom stereocenters. The fourth-order valence-corrected chi connectivity index (χ4v) is 3.76. The van der Waals surface area contributed by atoms with E-state index in [0.29, 0.717) is 6.10 Å². The summed E-state index contributed by atoms with van der Waals surface area (Å²) in [6, 6.07) is 8.69. The van der Waals surface area contributed by atoms with Crippen LogP contribution in [0.1, 0.15) is 50.7 Å². The third-order valence-corrected chi connectivity index (χ3v) is 5.42. The first-order valence-electron chi connectivity index (χ1n) is 9.36. The van der Waals surface area contributed by atoms with Crippen LogP contribution in [0, 0.1) is 0 Å². The van der Waals surface area contributed by atoms with Crippen molar-refractivity contribution in [3.8, 4) is 0 Å². The van der Waals surface area contributed by atoms with Crippen molar-refractivity contribution in [2.24, 2.45) is 0 Å². The van der Waals surface area contributed by atoms with E-state index in [1.54, 1.807) is 0 Å². The fourth-order valence-electron chi connectivity index (χ4n) is 3.76. The summed E-state index contributed by atoms with van der Waals surface area (Å²) in [7, 11) is 0. The molecule has 3 atom stereocenters. The lowest BCUT2D eigenvalue weighted by molar-refractivity contribution is -0.126. The highest BCUT2D eigenvalue weighted by atomic mass is 16.5. The molecule has 132 valence electrons. The number of ether oxygens (including phenoxy) is 1. The number of hydrogen-bond donors (Lipinski definition) is 1. The number of rotatable bonds is 6. The lowest BCUT2D eigenvalue weighted by atomic mass is 9.98. The Morgan fingerprint density at radius 3 is 2.88 bits per heavy atom. The number of amides is 1. The van der Waals surface area contributed by atoms with Crippen molar-refractivity contribution in [3.05, 3.63) is 35.4 Å². The van der Waals surface area contributed by atoms with E-state index in [9.17, 15) is 4.79 Å². The third kappa shape index (κ3) is 4.37. The van der Waals surface area contributed by atoms with Crippen molar-refractivity contribution in [2.45, 2.75) is 70.7 Å². The van der Waals surface area contributed by atoms with Crippen LogP contribution in [0.25, 0.3) is 0 Å². The van der Waals surface area contributed by atoms with E-state index in [4.69, 9.17) is 4.74 Å². The minimum Gasteiger partial charge on any atom is -0.378 e. The van der Waals surface area contributed by atoms with Gasteiger partial charge in [0.05, 0.1) is 12.1 Å². The lowest BCUT2D eigenvalue weighted by Gasteiger charge is -2.33. The summed E-state index contributed by atoms with van der Waals surface area (Å²) in [6.45, 7) is 6.85. The fraction of sp³-hybridized carbons (Fsp3) is 0.650. The highest BCUT2D eigenvalue weighted by Gasteiger charge is 2.26. The summed E-state index contributed by atoms with van der Waals surface area (Å²) in [4.78, 5) is 14.9. The van der Waals surface area contributed by atoms with Gasteiger partial charge in [0, 0.05) is 25.7 Å². The lowest BCUT2D eigenvalue weighted by Crippen LogP contribution is -2.49. The highest BCUT2D eigenvalue weighted by Crippen LogP contribution is 2.21. The quantitative estimate of drug-likeness (QED) is 0.872. The maximum atomic E-state index is 12.6. The molecular weight excluding hydrogens is 300 g/mol. The molecule has 1 amide bonds. The SMILES string of the molecule is C[C@H](CC[C@@H]1CCCO1)NC(=O)[C@H](C)N1CCc2ccccc2C1. The minimum atomic E-state index is -0.0801. The zero-order valence-electron chi connectivity index (χ0n) is 15.0. The summed E-state index contributed by atoms with van der Waals surface area (Å²) in [5.74, 6) is 0.147. The van der Waals surface area contributed by atoms with Crippen LogP contribution in [0.3, 0.4) is 0 Å². The first-order chi connectivity index (χ1) is 11.6. The molecule has 0 radical (unpaired) electrons. The van der Waals surface area contributed by atoms with Crippen LogP contribution < -0.4 is 5.32 Å². The summed E-state index contributed by atoms with van der Waals surface area (Å²) in [5.41, 5.74) is 2.78. The van der Waals surface area contributed by atoms with E-state index in [1.165, 1.54) is 24.0 Å². The zero-order chi connectivity index (χ0) is 16.9. The molecule has 1 aromatic carbocycles. The van der Waals surface area contributed by atoms with E-state index in [1.807, 2.05) is 6.92 Å². The Bertz CT molecular complexity index is 554. The Morgan fingerprint density at radius 2 is 2.12 bits per heavy atom. The first kappa shape index (κ1) is 17.4. The molecule has 4 nitrogen and oxygen atoms in total. The van der Waals surface area contributed by atoms with Gasteiger partial charge in [-0.05, 0) is 57.1 Å². The second-order valence-electron chi connectivity index (χ2n) is 7.29. The molecule has 1 fully saturated rings. The van der Waals surface area contributed by atoms with Crippen molar-refractivity contribution in [1.82, 2.24) is 10.2 Å². The van der Waals surface area contributed by atoms with Gasteiger partial charge in [0.1, 0.15) is 0 Å². The minimum absolute atomic E-state index is 0.0801. The molecule has 0 saturated carbocycles. The second-order valence-corrected chi connectivity index (χ2v) is 7.29. The van der Waals surface area contributed by atoms with Gasteiger partial charge >= 0.3 is 0 Å². The Balaban J connectivity index is 1.46. The van der Waals surface area contributed by atoms with Gasteiger partial charge < -0.3 is 10.1 Å². The molecule has 1 N–H and O–H groups in total.